The minimum Gasteiger partial charge on any atom is -0.486 e. The molecule has 1 aliphatic heterocycles. The fourth-order valence-electron chi connectivity index (χ4n) is 2.32. The first-order valence-electron chi connectivity index (χ1n) is 7.09. The molecule has 0 fully saturated rings. The van der Waals surface area contributed by atoms with Gasteiger partial charge in [0.2, 0.25) is 0 Å². The smallest absolute Gasteiger partial charge is 0.251 e. The fraction of sp³-hybridized carbons (Fsp3) is 0.235. The van der Waals surface area contributed by atoms with Gasteiger partial charge >= 0.3 is 0 Å². The van der Waals surface area contributed by atoms with Crippen molar-refractivity contribution in [2.75, 3.05) is 13.2 Å². The van der Waals surface area contributed by atoms with E-state index in [0.717, 1.165) is 20.6 Å². The van der Waals surface area contributed by atoms with E-state index in [9.17, 15) is 4.79 Å². The number of amides is 1. The fourth-order valence-corrected chi connectivity index (χ4v) is 2.87. The van der Waals surface area contributed by atoms with E-state index in [0.29, 0.717) is 18.8 Å². The molecule has 1 aliphatic rings. The predicted molar refractivity (Wildman–Crippen MR) is 92.5 cm³/mol. The normalized spacial score (nSPS) is 14.3. The maximum Gasteiger partial charge on any atom is 0.251 e. The van der Waals surface area contributed by atoms with E-state index in [-0.39, 0.29) is 11.9 Å². The molecule has 1 amide bonds. The summed E-state index contributed by atoms with van der Waals surface area (Å²) in [6, 6.07) is 13.2. The standard InChI is InChI=1S/C17H16INO3/c1-11(19-17(20)13-3-2-4-14(18)9-13)12-5-6-15-16(10-12)22-8-7-21-15/h2-6,9-11H,7-8H2,1H3,(H,19,20)/t11-/m0/s1. The number of fused-ring (bicyclic) bond motifs is 1. The van der Waals surface area contributed by atoms with E-state index in [1.165, 1.54) is 0 Å². The van der Waals surface area contributed by atoms with E-state index in [1.807, 2.05) is 49.4 Å². The van der Waals surface area contributed by atoms with Gasteiger partial charge in [0, 0.05) is 9.13 Å². The van der Waals surface area contributed by atoms with Crippen LogP contribution in [0.1, 0.15) is 28.9 Å². The summed E-state index contributed by atoms with van der Waals surface area (Å²) in [6.07, 6.45) is 0. The zero-order valence-corrected chi connectivity index (χ0v) is 14.3. The van der Waals surface area contributed by atoms with Gasteiger partial charge in [-0.3, -0.25) is 4.79 Å². The average Bonchev–Trinajstić information content (AvgIpc) is 2.54. The summed E-state index contributed by atoms with van der Waals surface area (Å²) in [5.41, 5.74) is 1.65. The number of carbonyl (C=O) groups is 1. The zero-order valence-electron chi connectivity index (χ0n) is 12.1. The van der Waals surface area contributed by atoms with Gasteiger partial charge in [-0.15, -0.1) is 0 Å². The highest BCUT2D eigenvalue weighted by Gasteiger charge is 2.16. The lowest BCUT2D eigenvalue weighted by Crippen LogP contribution is -2.26. The van der Waals surface area contributed by atoms with Crippen LogP contribution < -0.4 is 14.8 Å². The topological polar surface area (TPSA) is 47.6 Å². The number of benzene rings is 2. The van der Waals surface area contributed by atoms with Crippen molar-refractivity contribution in [1.29, 1.82) is 0 Å². The molecule has 114 valence electrons. The Labute approximate surface area is 143 Å². The first-order valence-corrected chi connectivity index (χ1v) is 8.17. The molecule has 0 radical (unpaired) electrons. The molecule has 1 N–H and O–H groups in total. The van der Waals surface area contributed by atoms with Gasteiger partial charge in [0.1, 0.15) is 13.2 Å². The molecule has 0 unspecified atom stereocenters. The van der Waals surface area contributed by atoms with Crippen LogP contribution in [-0.4, -0.2) is 19.1 Å². The SMILES string of the molecule is C[C@H](NC(=O)c1cccc(I)c1)c1ccc2c(c1)OCCO2. The van der Waals surface area contributed by atoms with Gasteiger partial charge in [-0.1, -0.05) is 12.1 Å². The Kier molecular flexibility index (Phi) is 4.52. The summed E-state index contributed by atoms with van der Waals surface area (Å²) >= 11 is 2.20. The van der Waals surface area contributed by atoms with Crippen molar-refractivity contribution in [1.82, 2.24) is 5.32 Å². The second-order valence-corrected chi connectivity index (χ2v) is 6.35. The minimum atomic E-state index is -0.110. The molecule has 4 nitrogen and oxygen atoms in total. The average molecular weight is 409 g/mol. The van der Waals surface area contributed by atoms with Gasteiger partial charge in [0.05, 0.1) is 6.04 Å². The summed E-state index contributed by atoms with van der Waals surface area (Å²) in [6.45, 7) is 3.09. The Hall–Kier alpha value is -1.76. The van der Waals surface area contributed by atoms with Crippen molar-refractivity contribution >= 4 is 28.5 Å². The number of rotatable bonds is 3. The molecule has 3 rings (SSSR count). The van der Waals surface area contributed by atoms with E-state index in [2.05, 4.69) is 27.9 Å². The first-order chi connectivity index (χ1) is 10.6. The Bertz CT molecular complexity index is 702. The lowest BCUT2D eigenvalue weighted by Gasteiger charge is -2.21. The van der Waals surface area contributed by atoms with Crippen LogP contribution in [0.25, 0.3) is 0 Å². The Morgan fingerprint density at radius 2 is 1.91 bits per heavy atom. The third kappa shape index (κ3) is 3.35. The highest BCUT2D eigenvalue weighted by Crippen LogP contribution is 2.32. The largest absolute Gasteiger partial charge is 0.486 e. The third-order valence-electron chi connectivity index (χ3n) is 3.50. The second-order valence-electron chi connectivity index (χ2n) is 5.11. The molecule has 0 bridgehead atoms. The lowest BCUT2D eigenvalue weighted by atomic mass is 10.1. The number of ether oxygens (including phenoxy) is 2. The number of halogens is 1. The highest BCUT2D eigenvalue weighted by atomic mass is 127. The van der Waals surface area contributed by atoms with Crippen LogP contribution in [-0.2, 0) is 0 Å². The molecular formula is C17H16INO3. The van der Waals surface area contributed by atoms with Crippen molar-refractivity contribution < 1.29 is 14.3 Å². The van der Waals surface area contributed by atoms with Crippen LogP contribution in [0.4, 0.5) is 0 Å². The molecule has 0 spiro atoms. The molecule has 0 aromatic heterocycles. The van der Waals surface area contributed by atoms with Gasteiger partial charge in [-0.05, 0) is 65.4 Å². The van der Waals surface area contributed by atoms with Crippen LogP contribution in [0.5, 0.6) is 11.5 Å². The molecule has 1 heterocycles. The van der Waals surface area contributed by atoms with Gasteiger partial charge in [-0.2, -0.15) is 0 Å². The summed E-state index contributed by atoms with van der Waals surface area (Å²) in [5.74, 6) is 1.41. The molecule has 2 aromatic carbocycles. The van der Waals surface area contributed by atoms with Crippen LogP contribution >= 0.6 is 22.6 Å². The predicted octanol–water partition coefficient (Wildman–Crippen LogP) is 3.55. The van der Waals surface area contributed by atoms with Crippen LogP contribution in [0, 0.1) is 3.57 Å². The molecule has 2 aromatic rings. The lowest BCUT2D eigenvalue weighted by molar-refractivity contribution is 0.0939. The van der Waals surface area contributed by atoms with E-state index in [1.54, 1.807) is 0 Å². The van der Waals surface area contributed by atoms with Crippen molar-refractivity contribution in [3.8, 4) is 11.5 Å². The summed E-state index contributed by atoms with van der Waals surface area (Å²) in [7, 11) is 0. The maximum atomic E-state index is 12.3. The molecule has 1 atom stereocenters. The van der Waals surface area contributed by atoms with E-state index >= 15 is 0 Å². The van der Waals surface area contributed by atoms with E-state index in [4.69, 9.17) is 9.47 Å². The zero-order chi connectivity index (χ0) is 15.5. The summed E-state index contributed by atoms with van der Waals surface area (Å²) in [5, 5.41) is 3.01. The molecule has 22 heavy (non-hydrogen) atoms. The second kappa shape index (κ2) is 6.56. The van der Waals surface area contributed by atoms with Crippen molar-refractivity contribution in [3.63, 3.8) is 0 Å². The van der Waals surface area contributed by atoms with Crippen molar-refractivity contribution in [3.05, 3.63) is 57.2 Å². The number of nitrogens with one attached hydrogen (secondary N) is 1. The van der Waals surface area contributed by atoms with Crippen molar-refractivity contribution in [2.45, 2.75) is 13.0 Å². The quantitative estimate of drug-likeness (QED) is 0.789. The Morgan fingerprint density at radius 3 is 2.68 bits per heavy atom. The highest BCUT2D eigenvalue weighted by molar-refractivity contribution is 14.1. The first kappa shape index (κ1) is 15.1. The molecule has 0 saturated carbocycles. The molecule has 5 heteroatoms. The van der Waals surface area contributed by atoms with E-state index < -0.39 is 0 Å². The monoisotopic (exact) mass is 409 g/mol. The van der Waals surface area contributed by atoms with Gasteiger partial charge in [0.15, 0.2) is 11.5 Å². The van der Waals surface area contributed by atoms with Gasteiger partial charge in [0.25, 0.3) is 5.91 Å². The summed E-state index contributed by atoms with van der Waals surface area (Å²) in [4.78, 5) is 12.3. The third-order valence-corrected chi connectivity index (χ3v) is 4.17. The van der Waals surface area contributed by atoms with Crippen LogP contribution in [0.3, 0.4) is 0 Å². The van der Waals surface area contributed by atoms with Gasteiger partial charge in [-0.25, -0.2) is 0 Å². The maximum absolute atomic E-state index is 12.3. The molecular weight excluding hydrogens is 393 g/mol. The Morgan fingerprint density at radius 1 is 1.14 bits per heavy atom. The molecule has 0 saturated heterocycles. The van der Waals surface area contributed by atoms with Crippen LogP contribution in [0.2, 0.25) is 0 Å². The Balaban J connectivity index is 1.74. The van der Waals surface area contributed by atoms with Gasteiger partial charge < -0.3 is 14.8 Å². The number of hydrogen-bond acceptors (Lipinski definition) is 3. The summed E-state index contributed by atoms with van der Waals surface area (Å²) < 4.78 is 12.1. The minimum absolute atomic E-state index is 0.0825. The number of carbonyl (C=O) groups excluding carboxylic acids is 1. The van der Waals surface area contributed by atoms with Crippen LogP contribution in [0.15, 0.2) is 42.5 Å². The van der Waals surface area contributed by atoms with Crippen molar-refractivity contribution in [2.24, 2.45) is 0 Å². The number of hydrogen-bond donors (Lipinski definition) is 1. The molecule has 0 aliphatic carbocycles.